The van der Waals surface area contributed by atoms with Crippen LogP contribution < -0.4 is 0 Å². The highest BCUT2D eigenvalue weighted by Gasteiger charge is 2.10. The zero-order chi connectivity index (χ0) is 28.3. The summed E-state index contributed by atoms with van der Waals surface area (Å²) in [6.45, 7) is 4.11. The van der Waals surface area contributed by atoms with Gasteiger partial charge < -0.3 is 0 Å². The predicted octanol–water partition coefficient (Wildman–Crippen LogP) is 9.63. The van der Waals surface area contributed by atoms with E-state index < -0.39 is 0 Å². The van der Waals surface area contributed by atoms with Crippen molar-refractivity contribution in [1.29, 1.82) is 0 Å². The van der Waals surface area contributed by atoms with Gasteiger partial charge in [-0.2, -0.15) is 0 Å². The Morgan fingerprint density at radius 2 is 0.902 bits per heavy atom. The van der Waals surface area contributed by atoms with Crippen molar-refractivity contribution in [2.45, 2.75) is 20.3 Å². The van der Waals surface area contributed by atoms with Gasteiger partial charge in [0.2, 0.25) is 0 Å². The minimum Gasteiger partial charge on any atom is -0.256 e. The summed E-state index contributed by atoms with van der Waals surface area (Å²) in [5.41, 5.74) is 12.4. The van der Waals surface area contributed by atoms with E-state index in [1.54, 1.807) is 24.3 Å². The van der Waals surface area contributed by atoms with Crippen LogP contribution >= 0.6 is 0 Å². The fourth-order valence-corrected chi connectivity index (χ4v) is 5.21. The molecule has 41 heavy (non-hydrogen) atoms. The van der Waals surface area contributed by atoms with E-state index in [-0.39, 0.29) is 11.6 Å². The Kier molecular flexibility index (Phi) is 7.22. The monoisotopic (exact) mass is 538 g/mol. The SMILES string of the molecule is Cc1cc(-c2cccc(Cc3cccc(-c4cc(C)c(-c5ccc(F)cc5)cn4)c3)c2)ncc1-c1ccc(F)cc1. The van der Waals surface area contributed by atoms with Crippen LogP contribution in [0.1, 0.15) is 22.3 Å². The van der Waals surface area contributed by atoms with E-state index in [2.05, 4.69) is 74.5 Å². The Morgan fingerprint density at radius 1 is 0.488 bits per heavy atom. The molecule has 6 aromatic rings. The molecule has 0 N–H and O–H groups in total. The molecule has 2 aromatic heterocycles. The molecule has 0 bridgehead atoms. The number of pyridine rings is 2. The summed E-state index contributed by atoms with van der Waals surface area (Å²) < 4.78 is 26.7. The second-order valence-electron chi connectivity index (χ2n) is 10.4. The zero-order valence-electron chi connectivity index (χ0n) is 22.9. The molecule has 4 aromatic carbocycles. The molecule has 0 aliphatic rings. The molecule has 200 valence electrons. The number of hydrogen-bond donors (Lipinski definition) is 0. The van der Waals surface area contributed by atoms with E-state index >= 15 is 0 Å². The largest absolute Gasteiger partial charge is 0.256 e. The van der Waals surface area contributed by atoms with Crippen molar-refractivity contribution in [3.63, 3.8) is 0 Å². The Hall–Kier alpha value is -4.96. The summed E-state index contributed by atoms with van der Waals surface area (Å²) >= 11 is 0. The third kappa shape index (κ3) is 5.82. The van der Waals surface area contributed by atoms with Crippen LogP contribution in [0.5, 0.6) is 0 Å². The number of aryl methyl sites for hydroxylation is 2. The van der Waals surface area contributed by atoms with Gasteiger partial charge in [-0.25, -0.2) is 8.78 Å². The minimum atomic E-state index is -0.246. The molecule has 0 unspecified atom stereocenters. The molecule has 0 aliphatic carbocycles. The van der Waals surface area contributed by atoms with Crippen LogP contribution in [0.3, 0.4) is 0 Å². The molecule has 0 amide bonds. The zero-order valence-corrected chi connectivity index (χ0v) is 22.9. The maximum absolute atomic E-state index is 13.4. The highest BCUT2D eigenvalue weighted by atomic mass is 19.1. The van der Waals surface area contributed by atoms with Gasteiger partial charge in [0.25, 0.3) is 0 Å². The van der Waals surface area contributed by atoms with Crippen LogP contribution in [0, 0.1) is 25.5 Å². The Bertz CT molecular complexity index is 1710. The van der Waals surface area contributed by atoms with Gasteiger partial charge in [-0.15, -0.1) is 0 Å². The van der Waals surface area contributed by atoms with E-state index in [1.807, 2.05) is 12.4 Å². The maximum atomic E-state index is 13.4. The Labute approximate surface area is 239 Å². The van der Waals surface area contributed by atoms with Gasteiger partial charge in [0.1, 0.15) is 11.6 Å². The van der Waals surface area contributed by atoms with Crippen molar-refractivity contribution < 1.29 is 8.78 Å². The molecule has 2 heterocycles. The molecule has 0 saturated carbocycles. The number of hydrogen-bond acceptors (Lipinski definition) is 2. The minimum absolute atomic E-state index is 0.246. The van der Waals surface area contributed by atoms with Crippen LogP contribution in [0.4, 0.5) is 8.78 Å². The second kappa shape index (κ2) is 11.3. The second-order valence-corrected chi connectivity index (χ2v) is 10.4. The molecule has 0 radical (unpaired) electrons. The summed E-state index contributed by atoms with van der Waals surface area (Å²) in [4.78, 5) is 9.46. The number of aromatic nitrogens is 2. The molecular formula is C37H28F2N2. The van der Waals surface area contributed by atoms with Gasteiger partial charge in [-0.1, -0.05) is 60.7 Å². The van der Waals surface area contributed by atoms with Gasteiger partial charge in [-0.05, 0) is 102 Å². The molecule has 0 atom stereocenters. The molecular weight excluding hydrogens is 510 g/mol. The summed E-state index contributed by atoms with van der Waals surface area (Å²) in [5.74, 6) is -0.492. The molecule has 0 aliphatic heterocycles. The van der Waals surface area contributed by atoms with Crippen molar-refractivity contribution in [2.75, 3.05) is 0 Å². The number of rotatable bonds is 6. The standard InChI is InChI=1S/C37H28F2N2/c1-24-17-36(40-22-34(24)28-9-13-32(38)14-10-28)30-7-3-5-26(20-30)19-27-6-4-8-31(21-27)37-18-25(2)35(23-41-37)29-11-15-33(39)16-12-29/h3-18,20-23H,19H2,1-2H3. The average molecular weight is 539 g/mol. The van der Waals surface area contributed by atoms with Gasteiger partial charge >= 0.3 is 0 Å². The van der Waals surface area contributed by atoms with Crippen LogP contribution in [-0.2, 0) is 6.42 Å². The fourth-order valence-electron chi connectivity index (χ4n) is 5.21. The molecule has 0 saturated heterocycles. The van der Waals surface area contributed by atoms with Crippen molar-refractivity contribution in [3.8, 4) is 44.8 Å². The summed E-state index contributed by atoms with van der Waals surface area (Å²) in [5, 5.41) is 0. The number of halogens is 2. The molecule has 2 nitrogen and oxygen atoms in total. The van der Waals surface area contributed by atoms with Crippen molar-refractivity contribution in [2.24, 2.45) is 0 Å². The fraction of sp³-hybridized carbons (Fsp3) is 0.0811. The predicted molar refractivity (Wildman–Crippen MR) is 162 cm³/mol. The third-order valence-corrected chi connectivity index (χ3v) is 7.39. The Balaban J connectivity index is 1.22. The quantitative estimate of drug-likeness (QED) is 0.211. The van der Waals surface area contributed by atoms with E-state index in [1.165, 1.54) is 35.4 Å². The molecule has 0 spiro atoms. The average Bonchev–Trinajstić information content (AvgIpc) is 2.98. The lowest BCUT2D eigenvalue weighted by Crippen LogP contribution is -1.94. The van der Waals surface area contributed by atoms with Gasteiger partial charge in [-0.3, -0.25) is 9.97 Å². The van der Waals surface area contributed by atoms with Gasteiger partial charge in [0, 0.05) is 34.6 Å². The number of benzene rings is 4. The number of nitrogens with zero attached hydrogens (tertiary/aromatic N) is 2. The van der Waals surface area contributed by atoms with Crippen LogP contribution in [0.25, 0.3) is 44.8 Å². The molecule has 6 rings (SSSR count). The van der Waals surface area contributed by atoms with E-state index in [0.717, 1.165) is 62.3 Å². The first kappa shape index (κ1) is 26.3. The highest BCUT2D eigenvalue weighted by molar-refractivity contribution is 5.72. The molecule has 0 fully saturated rings. The van der Waals surface area contributed by atoms with Crippen molar-refractivity contribution >= 4 is 0 Å². The first-order valence-electron chi connectivity index (χ1n) is 13.6. The topological polar surface area (TPSA) is 25.8 Å². The van der Waals surface area contributed by atoms with Crippen LogP contribution in [-0.4, -0.2) is 9.97 Å². The normalized spacial score (nSPS) is 11.0. The smallest absolute Gasteiger partial charge is 0.123 e. The Morgan fingerprint density at radius 3 is 1.29 bits per heavy atom. The van der Waals surface area contributed by atoms with E-state index in [0.29, 0.717) is 0 Å². The first-order chi connectivity index (χ1) is 19.9. The lowest BCUT2D eigenvalue weighted by atomic mass is 9.97. The van der Waals surface area contributed by atoms with E-state index in [4.69, 9.17) is 9.97 Å². The third-order valence-electron chi connectivity index (χ3n) is 7.39. The van der Waals surface area contributed by atoms with Crippen LogP contribution in [0.15, 0.2) is 122 Å². The summed E-state index contributed by atoms with van der Waals surface area (Å²) in [6, 6.07) is 34.1. The van der Waals surface area contributed by atoms with Gasteiger partial charge in [0.05, 0.1) is 11.4 Å². The lowest BCUT2D eigenvalue weighted by Gasteiger charge is -2.11. The lowest BCUT2D eigenvalue weighted by molar-refractivity contribution is 0.627. The summed E-state index contributed by atoms with van der Waals surface area (Å²) in [7, 11) is 0. The van der Waals surface area contributed by atoms with Crippen LogP contribution in [0.2, 0.25) is 0 Å². The summed E-state index contributed by atoms with van der Waals surface area (Å²) in [6.07, 6.45) is 4.51. The van der Waals surface area contributed by atoms with Crippen molar-refractivity contribution in [1.82, 2.24) is 9.97 Å². The highest BCUT2D eigenvalue weighted by Crippen LogP contribution is 2.29. The molecule has 4 heteroatoms. The van der Waals surface area contributed by atoms with E-state index in [9.17, 15) is 8.78 Å². The maximum Gasteiger partial charge on any atom is 0.123 e. The van der Waals surface area contributed by atoms with Crippen molar-refractivity contribution in [3.05, 3.63) is 155 Å². The first-order valence-corrected chi connectivity index (χ1v) is 13.6. The van der Waals surface area contributed by atoms with Gasteiger partial charge in [0.15, 0.2) is 0 Å².